The van der Waals surface area contributed by atoms with E-state index in [9.17, 15) is 4.79 Å². The molecule has 0 fully saturated rings. The van der Waals surface area contributed by atoms with Gasteiger partial charge >= 0.3 is 5.97 Å². The predicted octanol–water partition coefficient (Wildman–Crippen LogP) is 4.10. The second kappa shape index (κ2) is 8.02. The maximum absolute atomic E-state index is 10.8. The molecule has 2 nitrogen and oxygen atoms in total. The van der Waals surface area contributed by atoms with Crippen molar-refractivity contribution in [1.82, 2.24) is 0 Å². The molecule has 0 radical (unpaired) electrons. The highest BCUT2D eigenvalue weighted by Crippen LogP contribution is 2.26. The molecule has 0 aromatic rings. The van der Waals surface area contributed by atoms with Gasteiger partial charge in [0.1, 0.15) is 5.25 Å². The summed E-state index contributed by atoms with van der Waals surface area (Å²) in [7, 11) is 0. The number of hydrogen-bond acceptors (Lipinski definition) is 2. The fourth-order valence-corrected chi connectivity index (χ4v) is 2.81. The standard InChI is InChI=1S/C14H28O2S/c1-9(2)6-10(3)7-11(4)8-12(5)13(17)14(15)16/h9-13,17H,6-8H2,1-5H3,(H,15,16). The van der Waals surface area contributed by atoms with Crippen molar-refractivity contribution in [1.29, 1.82) is 0 Å². The van der Waals surface area contributed by atoms with Crippen LogP contribution in [0.1, 0.15) is 53.9 Å². The van der Waals surface area contributed by atoms with E-state index in [4.69, 9.17) is 5.11 Å². The van der Waals surface area contributed by atoms with Gasteiger partial charge in [-0.25, -0.2) is 0 Å². The molecule has 0 saturated heterocycles. The molecule has 0 aliphatic rings. The molecule has 17 heavy (non-hydrogen) atoms. The number of carbonyl (C=O) groups is 1. The molecule has 102 valence electrons. The Hall–Kier alpha value is -0.180. The molecule has 0 heterocycles. The largest absolute Gasteiger partial charge is 0.480 e. The van der Waals surface area contributed by atoms with Gasteiger partial charge in [-0.1, -0.05) is 34.6 Å². The lowest BCUT2D eigenvalue weighted by molar-refractivity contribution is -0.137. The minimum Gasteiger partial charge on any atom is -0.480 e. The average Bonchev–Trinajstić information content (AvgIpc) is 2.13. The highest BCUT2D eigenvalue weighted by Gasteiger charge is 2.22. The molecule has 0 amide bonds. The van der Waals surface area contributed by atoms with Crippen molar-refractivity contribution in [2.75, 3.05) is 0 Å². The van der Waals surface area contributed by atoms with Crippen LogP contribution in [0.2, 0.25) is 0 Å². The zero-order chi connectivity index (χ0) is 13.6. The summed E-state index contributed by atoms with van der Waals surface area (Å²) in [4.78, 5) is 10.8. The Balaban J connectivity index is 4.00. The monoisotopic (exact) mass is 260 g/mol. The summed E-state index contributed by atoms with van der Waals surface area (Å²) in [6.45, 7) is 11.0. The Kier molecular flexibility index (Phi) is 7.93. The zero-order valence-electron chi connectivity index (χ0n) is 11.8. The number of hydrogen-bond donors (Lipinski definition) is 2. The van der Waals surface area contributed by atoms with Crippen molar-refractivity contribution in [2.24, 2.45) is 23.7 Å². The van der Waals surface area contributed by atoms with E-state index in [0.29, 0.717) is 5.92 Å². The predicted molar refractivity (Wildman–Crippen MR) is 76.6 cm³/mol. The van der Waals surface area contributed by atoms with Crippen molar-refractivity contribution < 1.29 is 9.90 Å². The van der Waals surface area contributed by atoms with Crippen LogP contribution in [0.5, 0.6) is 0 Å². The van der Waals surface area contributed by atoms with Crippen molar-refractivity contribution in [3.05, 3.63) is 0 Å². The molecule has 0 bridgehead atoms. The minimum atomic E-state index is -0.803. The Morgan fingerprint density at radius 1 is 1.00 bits per heavy atom. The summed E-state index contributed by atoms with van der Waals surface area (Å²) in [5.41, 5.74) is 0. The third-order valence-corrected chi connectivity index (χ3v) is 3.97. The van der Waals surface area contributed by atoms with Crippen molar-refractivity contribution >= 4 is 18.6 Å². The second-order valence-electron chi connectivity index (χ2n) is 6.07. The van der Waals surface area contributed by atoms with Crippen LogP contribution >= 0.6 is 12.6 Å². The highest BCUT2D eigenvalue weighted by molar-refractivity contribution is 7.81. The Labute approximate surface area is 112 Å². The molecule has 0 aliphatic carbocycles. The summed E-state index contributed by atoms with van der Waals surface area (Å²) >= 11 is 4.14. The summed E-state index contributed by atoms with van der Waals surface area (Å²) in [6, 6.07) is 0. The molecular weight excluding hydrogens is 232 g/mol. The number of aliphatic carboxylic acids is 1. The molecule has 1 N–H and O–H groups in total. The van der Waals surface area contributed by atoms with Gasteiger partial charge < -0.3 is 5.11 Å². The Bertz CT molecular complexity index is 228. The minimum absolute atomic E-state index is 0.136. The quantitative estimate of drug-likeness (QED) is 0.645. The summed E-state index contributed by atoms with van der Waals surface area (Å²) < 4.78 is 0. The SMILES string of the molecule is CC(C)CC(C)CC(C)CC(C)C(S)C(=O)O. The van der Waals surface area contributed by atoms with Crippen LogP contribution in [0.3, 0.4) is 0 Å². The molecule has 3 heteroatoms. The normalized spacial score (nSPS) is 18.8. The van der Waals surface area contributed by atoms with E-state index in [1.54, 1.807) is 0 Å². The van der Waals surface area contributed by atoms with Crippen molar-refractivity contribution in [2.45, 2.75) is 59.1 Å². The van der Waals surface area contributed by atoms with Crippen molar-refractivity contribution in [3.63, 3.8) is 0 Å². The average molecular weight is 260 g/mol. The zero-order valence-corrected chi connectivity index (χ0v) is 12.7. The topological polar surface area (TPSA) is 37.3 Å². The molecular formula is C14H28O2S. The molecule has 0 aliphatic heterocycles. The van der Waals surface area contributed by atoms with Gasteiger partial charge in [-0.15, -0.1) is 0 Å². The first kappa shape index (κ1) is 16.8. The molecule has 4 unspecified atom stereocenters. The van der Waals surface area contributed by atoms with E-state index in [0.717, 1.165) is 18.3 Å². The highest BCUT2D eigenvalue weighted by atomic mass is 32.1. The second-order valence-corrected chi connectivity index (χ2v) is 6.63. The number of carboxylic acids is 1. The van der Waals surface area contributed by atoms with E-state index in [2.05, 4.69) is 40.3 Å². The van der Waals surface area contributed by atoms with Crippen LogP contribution in [0.4, 0.5) is 0 Å². The van der Waals surface area contributed by atoms with Gasteiger partial charge in [0.25, 0.3) is 0 Å². The van der Waals surface area contributed by atoms with Gasteiger partial charge in [0.15, 0.2) is 0 Å². The van der Waals surface area contributed by atoms with E-state index >= 15 is 0 Å². The van der Waals surface area contributed by atoms with Crippen LogP contribution in [0.15, 0.2) is 0 Å². The number of carboxylic acid groups (broad SMARTS) is 1. The number of thiol groups is 1. The third kappa shape index (κ3) is 7.69. The van der Waals surface area contributed by atoms with Crippen LogP contribution in [-0.4, -0.2) is 16.3 Å². The lowest BCUT2D eigenvalue weighted by Crippen LogP contribution is -2.24. The number of rotatable bonds is 8. The van der Waals surface area contributed by atoms with E-state index < -0.39 is 11.2 Å². The Morgan fingerprint density at radius 2 is 1.47 bits per heavy atom. The first-order valence-corrected chi connectivity index (χ1v) is 7.16. The van der Waals surface area contributed by atoms with E-state index in [-0.39, 0.29) is 5.92 Å². The lowest BCUT2D eigenvalue weighted by Gasteiger charge is -2.23. The van der Waals surface area contributed by atoms with Gasteiger partial charge in [0, 0.05) is 0 Å². The molecule has 0 aromatic heterocycles. The van der Waals surface area contributed by atoms with Gasteiger partial charge in [-0.2, -0.15) is 12.6 Å². The van der Waals surface area contributed by atoms with Gasteiger partial charge in [-0.3, -0.25) is 4.79 Å². The van der Waals surface area contributed by atoms with Crippen LogP contribution in [0, 0.1) is 23.7 Å². The lowest BCUT2D eigenvalue weighted by atomic mass is 9.85. The Morgan fingerprint density at radius 3 is 1.88 bits per heavy atom. The van der Waals surface area contributed by atoms with E-state index in [1.165, 1.54) is 12.8 Å². The van der Waals surface area contributed by atoms with Crippen molar-refractivity contribution in [3.8, 4) is 0 Å². The fraction of sp³-hybridized carbons (Fsp3) is 0.929. The molecule has 0 saturated carbocycles. The molecule has 0 spiro atoms. The first-order valence-electron chi connectivity index (χ1n) is 6.64. The maximum atomic E-state index is 10.8. The van der Waals surface area contributed by atoms with E-state index in [1.807, 2.05) is 6.92 Å². The van der Waals surface area contributed by atoms with Gasteiger partial charge in [0.05, 0.1) is 0 Å². The maximum Gasteiger partial charge on any atom is 0.316 e. The summed E-state index contributed by atoms with van der Waals surface area (Å²) in [5, 5.41) is 8.36. The fourth-order valence-electron chi connectivity index (χ4n) is 2.69. The van der Waals surface area contributed by atoms with Gasteiger partial charge in [-0.05, 0) is 42.9 Å². The molecule has 0 aromatic carbocycles. The van der Waals surface area contributed by atoms with Crippen LogP contribution in [0.25, 0.3) is 0 Å². The third-order valence-electron chi connectivity index (χ3n) is 3.24. The molecule has 4 atom stereocenters. The van der Waals surface area contributed by atoms with Crippen LogP contribution < -0.4 is 0 Å². The van der Waals surface area contributed by atoms with Crippen LogP contribution in [-0.2, 0) is 4.79 Å². The summed E-state index contributed by atoms with van der Waals surface area (Å²) in [5.74, 6) is 1.37. The summed E-state index contributed by atoms with van der Waals surface area (Å²) in [6.07, 6.45) is 3.38. The first-order chi connectivity index (χ1) is 7.73. The smallest absolute Gasteiger partial charge is 0.316 e. The van der Waals surface area contributed by atoms with Gasteiger partial charge in [0.2, 0.25) is 0 Å². The molecule has 0 rings (SSSR count).